The first-order valence-corrected chi connectivity index (χ1v) is 6.76. The van der Waals surface area contributed by atoms with Gasteiger partial charge in [-0.3, -0.25) is 0 Å². The number of hydrogen-bond donors (Lipinski definition) is 1. The number of rotatable bonds is 4. The number of anilines is 1. The Balaban J connectivity index is 2.11. The van der Waals surface area contributed by atoms with Crippen molar-refractivity contribution in [3.05, 3.63) is 29.3 Å². The molecule has 0 aromatic heterocycles. The molecule has 1 N–H and O–H groups in total. The highest BCUT2D eigenvalue weighted by atomic mass is 16.5. The lowest BCUT2D eigenvalue weighted by Gasteiger charge is -2.22. The lowest BCUT2D eigenvalue weighted by molar-refractivity contribution is -0.143. The third kappa shape index (κ3) is 2.84. The topological polar surface area (TPSA) is 38.3 Å². The lowest BCUT2D eigenvalue weighted by Crippen LogP contribution is -2.29. The number of carbonyl (C=O) groups is 1. The van der Waals surface area contributed by atoms with Crippen molar-refractivity contribution in [1.82, 2.24) is 0 Å². The predicted molar refractivity (Wildman–Crippen MR) is 72.8 cm³/mol. The number of nitrogens with one attached hydrogen (secondary N) is 1. The van der Waals surface area contributed by atoms with E-state index in [1.807, 2.05) is 13.8 Å². The van der Waals surface area contributed by atoms with Crippen LogP contribution in [0.4, 0.5) is 5.69 Å². The second kappa shape index (κ2) is 5.89. The second-order valence-electron chi connectivity index (χ2n) is 4.77. The molecule has 1 aliphatic carbocycles. The SMILES string of the molecule is CCOC(=O)C(C)Nc1cccc2c1CCCC2. The monoisotopic (exact) mass is 247 g/mol. The molecule has 0 heterocycles. The van der Waals surface area contributed by atoms with Crippen LogP contribution in [0.5, 0.6) is 0 Å². The van der Waals surface area contributed by atoms with Gasteiger partial charge >= 0.3 is 5.97 Å². The first-order valence-electron chi connectivity index (χ1n) is 6.76. The highest BCUT2D eigenvalue weighted by Crippen LogP contribution is 2.28. The standard InChI is InChI=1S/C15H21NO2/c1-3-18-15(17)11(2)16-14-10-6-8-12-7-4-5-9-13(12)14/h6,8,10-11,16H,3-5,7,9H2,1-2H3. The van der Waals surface area contributed by atoms with Crippen LogP contribution in [-0.2, 0) is 22.4 Å². The van der Waals surface area contributed by atoms with Gasteiger partial charge in [-0.1, -0.05) is 12.1 Å². The Bertz CT molecular complexity index is 429. The minimum absolute atomic E-state index is 0.189. The van der Waals surface area contributed by atoms with E-state index in [1.165, 1.54) is 24.0 Å². The van der Waals surface area contributed by atoms with Crippen LogP contribution in [0.1, 0.15) is 37.8 Å². The van der Waals surface area contributed by atoms with Gasteiger partial charge in [0.25, 0.3) is 0 Å². The fourth-order valence-corrected chi connectivity index (χ4v) is 2.48. The number of carbonyl (C=O) groups excluding carboxylic acids is 1. The normalized spacial score (nSPS) is 15.7. The second-order valence-corrected chi connectivity index (χ2v) is 4.77. The number of esters is 1. The first kappa shape index (κ1) is 12.9. The molecule has 0 saturated carbocycles. The number of ether oxygens (including phenoxy) is 1. The van der Waals surface area contributed by atoms with E-state index in [0.717, 1.165) is 18.5 Å². The van der Waals surface area contributed by atoms with Gasteiger partial charge in [0.2, 0.25) is 0 Å². The third-order valence-electron chi connectivity index (χ3n) is 3.41. The van der Waals surface area contributed by atoms with Gasteiger partial charge in [0.05, 0.1) is 6.61 Å². The third-order valence-corrected chi connectivity index (χ3v) is 3.41. The van der Waals surface area contributed by atoms with E-state index in [2.05, 4.69) is 23.5 Å². The Labute approximate surface area is 109 Å². The summed E-state index contributed by atoms with van der Waals surface area (Å²) < 4.78 is 5.02. The Morgan fingerprint density at radius 1 is 1.39 bits per heavy atom. The Morgan fingerprint density at radius 2 is 2.17 bits per heavy atom. The molecule has 0 aliphatic heterocycles. The smallest absolute Gasteiger partial charge is 0.328 e. The van der Waals surface area contributed by atoms with Crippen molar-refractivity contribution >= 4 is 11.7 Å². The molecule has 18 heavy (non-hydrogen) atoms. The van der Waals surface area contributed by atoms with Gasteiger partial charge in [-0.2, -0.15) is 0 Å². The van der Waals surface area contributed by atoms with Gasteiger partial charge in [0, 0.05) is 5.69 Å². The quantitative estimate of drug-likeness (QED) is 0.831. The highest BCUT2D eigenvalue weighted by molar-refractivity contribution is 5.79. The molecule has 0 fully saturated rings. The molecule has 3 nitrogen and oxygen atoms in total. The minimum Gasteiger partial charge on any atom is -0.464 e. The molecule has 0 saturated heterocycles. The van der Waals surface area contributed by atoms with Crippen LogP contribution >= 0.6 is 0 Å². The number of aryl methyl sites for hydroxylation is 1. The van der Waals surface area contributed by atoms with Crippen molar-refractivity contribution in [3.8, 4) is 0 Å². The van der Waals surface area contributed by atoms with Crippen molar-refractivity contribution in [2.75, 3.05) is 11.9 Å². The fourth-order valence-electron chi connectivity index (χ4n) is 2.48. The largest absolute Gasteiger partial charge is 0.464 e. The number of benzene rings is 1. The average Bonchev–Trinajstić information content (AvgIpc) is 2.39. The van der Waals surface area contributed by atoms with Gasteiger partial charge in [0.15, 0.2) is 0 Å². The van der Waals surface area contributed by atoms with Crippen LogP contribution in [0.25, 0.3) is 0 Å². The molecular formula is C15H21NO2. The summed E-state index contributed by atoms with van der Waals surface area (Å²) in [5, 5.41) is 3.28. The van der Waals surface area contributed by atoms with Gasteiger partial charge in [-0.05, 0) is 56.7 Å². The van der Waals surface area contributed by atoms with Crippen molar-refractivity contribution in [2.45, 2.75) is 45.6 Å². The van der Waals surface area contributed by atoms with Crippen molar-refractivity contribution < 1.29 is 9.53 Å². The van der Waals surface area contributed by atoms with Gasteiger partial charge < -0.3 is 10.1 Å². The van der Waals surface area contributed by atoms with Crippen molar-refractivity contribution in [3.63, 3.8) is 0 Å². The zero-order chi connectivity index (χ0) is 13.0. The molecule has 1 aromatic rings. The first-order chi connectivity index (χ1) is 8.72. The summed E-state index contributed by atoms with van der Waals surface area (Å²) in [4.78, 5) is 11.6. The van der Waals surface area contributed by atoms with Crippen LogP contribution in [0.2, 0.25) is 0 Å². The number of hydrogen-bond acceptors (Lipinski definition) is 3. The molecule has 3 heteroatoms. The fraction of sp³-hybridized carbons (Fsp3) is 0.533. The Kier molecular flexibility index (Phi) is 4.24. The van der Waals surface area contributed by atoms with Crippen LogP contribution in [0, 0.1) is 0 Å². The van der Waals surface area contributed by atoms with E-state index in [4.69, 9.17) is 4.74 Å². The van der Waals surface area contributed by atoms with Crippen molar-refractivity contribution in [2.24, 2.45) is 0 Å². The Hall–Kier alpha value is -1.51. The average molecular weight is 247 g/mol. The summed E-state index contributed by atoms with van der Waals surface area (Å²) in [6.45, 7) is 4.10. The molecule has 2 rings (SSSR count). The minimum atomic E-state index is -0.293. The van der Waals surface area contributed by atoms with E-state index in [-0.39, 0.29) is 12.0 Å². The van der Waals surface area contributed by atoms with Gasteiger partial charge in [-0.25, -0.2) is 4.79 Å². The van der Waals surface area contributed by atoms with Gasteiger partial charge in [-0.15, -0.1) is 0 Å². The van der Waals surface area contributed by atoms with E-state index in [9.17, 15) is 4.79 Å². The maximum absolute atomic E-state index is 11.6. The molecule has 1 aromatic carbocycles. The molecule has 0 spiro atoms. The molecule has 98 valence electrons. The molecule has 1 aliphatic rings. The highest BCUT2D eigenvalue weighted by Gasteiger charge is 2.17. The van der Waals surface area contributed by atoms with Crippen LogP contribution in [-0.4, -0.2) is 18.6 Å². The molecule has 1 unspecified atom stereocenters. The molecule has 1 atom stereocenters. The predicted octanol–water partition coefficient (Wildman–Crippen LogP) is 2.93. The van der Waals surface area contributed by atoms with E-state index >= 15 is 0 Å². The summed E-state index contributed by atoms with van der Waals surface area (Å²) in [6, 6.07) is 6.01. The molecule has 0 amide bonds. The van der Waals surface area contributed by atoms with Crippen LogP contribution in [0.3, 0.4) is 0 Å². The van der Waals surface area contributed by atoms with E-state index in [1.54, 1.807) is 0 Å². The maximum atomic E-state index is 11.6. The van der Waals surface area contributed by atoms with E-state index in [0.29, 0.717) is 6.61 Å². The van der Waals surface area contributed by atoms with E-state index < -0.39 is 0 Å². The summed E-state index contributed by atoms with van der Waals surface area (Å²) >= 11 is 0. The summed E-state index contributed by atoms with van der Waals surface area (Å²) in [5.41, 5.74) is 3.88. The summed E-state index contributed by atoms with van der Waals surface area (Å²) in [7, 11) is 0. The maximum Gasteiger partial charge on any atom is 0.328 e. The zero-order valence-corrected chi connectivity index (χ0v) is 11.2. The lowest BCUT2D eigenvalue weighted by atomic mass is 9.90. The molecule has 0 radical (unpaired) electrons. The summed E-state index contributed by atoms with van der Waals surface area (Å²) in [5.74, 6) is -0.189. The van der Waals surface area contributed by atoms with Crippen LogP contribution in [0.15, 0.2) is 18.2 Å². The number of fused-ring (bicyclic) bond motifs is 1. The van der Waals surface area contributed by atoms with Crippen molar-refractivity contribution in [1.29, 1.82) is 0 Å². The Morgan fingerprint density at radius 3 is 2.94 bits per heavy atom. The van der Waals surface area contributed by atoms with Gasteiger partial charge in [0.1, 0.15) is 6.04 Å². The summed E-state index contributed by atoms with van der Waals surface area (Å²) in [6.07, 6.45) is 4.76. The molecular weight excluding hydrogens is 226 g/mol. The zero-order valence-electron chi connectivity index (χ0n) is 11.2. The van der Waals surface area contributed by atoms with Crippen LogP contribution < -0.4 is 5.32 Å². The molecule has 0 bridgehead atoms.